The van der Waals surface area contributed by atoms with E-state index in [1.54, 1.807) is 12.1 Å². The topological polar surface area (TPSA) is 71.9 Å². The number of carbonyl (C=O) groups excluding carboxylic acids is 2. The molecule has 0 bridgehead atoms. The number of anilines is 1. The van der Waals surface area contributed by atoms with E-state index in [-0.39, 0.29) is 31.0 Å². The number of likely N-dealkylation sites (N-methyl/N-ethyl adjacent to an activating group) is 1. The summed E-state index contributed by atoms with van der Waals surface area (Å²) in [6.07, 6.45) is 2.17. The maximum absolute atomic E-state index is 12.3. The fraction of sp³-hybridized carbons (Fsp3) is 0.556. The summed E-state index contributed by atoms with van der Waals surface area (Å²) in [5.74, 6) is -0.187. The zero-order valence-corrected chi connectivity index (χ0v) is 15.6. The molecule has 0 aromatic heterocycles. The molecule has 2 atom stereocenters. The van der Waals surface area contributed by atoms with Crippen LogP contribution >= 0.6 is 11.6 Å². The molecule has 1 saturated heterocycles. The first-order valence-corrected chi connectivity index (χ1v) is 9.13. The van der Waals surface area contributed by atoms with Gasteiger partial charge in [-0.25, -0.2) is 0 Å². The molecule has 1 aromatic rings. The summed E-state index contributed by atoms with van der Waals surface area (Å²) in [4.78, 5) is 25.2. The SMILES string of the molecule is CC[NH+](CC(=O)NC[C@@H]1CCCO1)CC(=O)Nc1cc(Cl)ccc1C. The lowest BCUT2D eigenvalue weighted by Gasteiger charge is -2.18. The monoisotopic (exact) mass is 368 g/mol. The molecule has 0 saturated carbocycles. The van der Waals surface area contributed by atoms with Gasteiger partial charge in [-0.15, -0.1) is 0 Å². The van der Waals surface area contributed by atoms with Crippen LogP contribution < -0.4 is 15.5 Å². The summed E-state index contributed by atoms with van der Waals surface area (Å²) in [6, 6.07) is 5.38. The number of halogens is 1. The summed E-state index contributed by atoms with van der Waals surface area (Å²) >= 11 is 5.97. The van der Waals surface area contributed by atoms with E-state index in [0.29, 0.717) is 23.8 Å². The smallest absolute Gasteiger partial charge is 0.279 e. The highest BCUT2D eigenvalue weighted by molar-refractivity contribution is 6.31. The van der Waals surface area contributed by atoms with Crippen LogP contribution in [-0.2, 0) is 14.3 Å². The van der Waals surface area contributed by atoms with Crippen molar-refractivity contribution in [3.05, 3.63) is 28.8 Å². The highest BCUT2D eigenvalue weighted by atomic mass is 35.5. The molecule has 0 spiro atoms. The van der Waals surface area contributed by atoms with Crippen LogP contribution in [0.2, 0.25) is 5.02 Å². The third-order valence-electron chi connectivity index (χ3n) is 4.35. The number of aryl methyl sites for hydroxylation is 1. The quantitative estimate of drug-likeness (QED) is 0.635. The lowest BCUT2D eigenvalue weighted by Crippen LogP contribution is -3.14. The zero-order chi connectivity index (χ0) is 18.2. The Morgan fingerprint density at radius 1 is 1.32 bits per heavy atom. The van der Waals surface area contributed by atoms with Crippen molar-refractivity contribution < 1.29 is 19.2 Å². The molecule has 1 aromatic carbocycles. The summed E-state index contributed by atoms with van der Waals surface area (Å²) in [5.41, 5.74) is 1.65. The van der Waals surface area contributed by atoms with Crippen molar-refractivity contribution in [2.24, 2.45) is 0 Å². The number of hydrogen-bond donors (Lipinski definition) is 3. The van der Waals surface area contributed by atoms with Crippen molar-refractivity contribution in [1.29, 1.82) is 0 Å². The molecule has 0 aliphatic carbocycles. The van der Waals surface area contributed by atoms with Crippen LogP contribution in [0, 0.1) is 6.92 Å². The minimum absolute atomic E-state index is 0.0564. The van der Waals surface area contributed by atoms with Crippen LogP contribution in [0.4, 0.5) is 5.69 Å². The van der Waals surface area contributed by atoms with E-state index in [4.69, 9.17) is 16.3 Å². The number of amides is 2. The van der Waals surface area contributed by atoms with Gasteiger partial charge >= 0.3 is 0 Å². The molecule has 1 fully saturated rings. The van der Waals surface area contributed by atoms with Crippen LogP contribution in [0.25, 0.3) is 0 Å². The van der Waals surface area contributed by atoms with Crippen molar-refractivity contribution in [2.45, 2.75) is 32.8 Å². The molecule has 2 rings (SSSR count). The molecular formula is C18H27ClN3O3+. The molecule has 2 amide bonds. The first kappa shape index (κ1) is 19.7. The van der Waals surface area contributed by atoms with Gasteiger partial charge in [0.05, 0.1) is 12.6 Å². The zero-order valence-electron chi connectivity index (χ0n) is 14.9. The van der Waals surface area contributed by atoms with E-state index >= 15 is 0 Å². The predicted molar refractivity (Wildman–Crippen MR) is 98.0 cm³/mol. The molecule has 138 valence electrons. The fourth-order valence-electron chi connectivity index (χ4n) is 2.79. The third-order valence-corrected chi connectivity index (χ3v) is 4.58. The lowest BCUT2D eigenvalue weighted by atomic mass is 10.2. The molecule has 1 aliphatic rings. The van der Waals surface area contributed by atoms with Gasteiger partial charge in [-0.2, -0.15) is 0 Å². The number of carbonyl (C=O) groups is 2. The number of rotatable bonds is 8. The standard InChI is InChI=1S/C18H26ClN3O3/c1-3-22(11-17(23)20-10-15-5-4-8-25-15)12-18(24)21-16-9-14(19)7-6-13(16)2/h6-7,9,15H,3-5,8,10-12H2,1-2H3,(H,20,23)(H,21,24)/p+1/t15-/m0/s1. The van der Waals surface area contributed by atoms with Crippen LogP contribution in [0.3, 0.4) is 0 Å². The number of hydrogen-bond acceptors (Lipinski definition) is 3. The van der Waals surface area contributed by atoms with Crippen molar-refractivity contribution in [2.75, 3.05) is 38.1 Å². The fourth-order valence-corrected chi connectivity index (χ4v) is 2.96. The third kappa shape index (κ3) is 6.65. The number of benzene rings is 1. The second-order valence-electron chi connectivity index (χ2n) is 6.40. The second kappa shape index (κ2) is 9.75. The highest BCUT2D eigenvalue weighted by Gasteiger charge is 2.20. The minimum Gasteiger partial charge on any atom is -0.376 e. The van der Waals surface area contributed by atoms with E-state index in [9.17, 15) is 9.59 Å². The molecule has 3 N–H and O–H groups in total. The molecule has 7 heteroatoms. The Hall–Kier alpha value is -1.63. The Labute approximate surface area is 153 Å². The van der Waals surface area contributed by atoms with Gasteiger partial charge in [0.2, 0.25) is 0 Å². The van der Waals surface area contributed by atoms with E-state index in [2.05, 4.69) is 10.6 Å². The average Bonchev–Trinajstić information content (AvgIpc) is 3.09. The van der Waals surface area contributed by atoms with Crippen molar-refractivity contribution in [3.8, 4) is 0 Å². The Morgan fingerprint density at radius 2 is 2.08 bits per heavy atom. The Balaban J connectivity index is 1.78. The van der Waals surface area contributed by atoms with Gasteiger partial charge < -0.3 is 20.3 Å². The van der Waals surface area contributed by atoms with Crippen molar-refractivity contribution in [1.82, 2.24) is 5.32 Å². The van der Waals surface area contributed by atoms with E-state index in [1.807, 2.05) is 19.9 Å². The molecule has 1 unspecified atom stereocenters. The van der Waals surface area contributed by atoms with Crippen LogP contribution in [0.1, 0.15) is 25.3 Å². The van der Waals surface area contributed by atoms with Crippen LogP contribution in [0.5, 0.6) is 0 Å². The van der Waals surface area contributed by atoms with Crippen LogP contribution in [0.15, 0.2) is 18.2 Å². The number of ether oxygens (including phenoxy) is 1. The van der Waals surface area contributed by atoms with E-state index in [1.165, 1.54) is 0 Å². The molecule has 1 aliphatic heterocycles. The Kier molecular flexibility index (Phi) is 7.68. The second-order valence-corrected chi connectivity index (χ2v) is 6.84. The van der Waals surface area contributed by atoms with Crippen LogP contribution in [-0.4, -0.2) is 50.7 Å². The molecular weight excluding hydrogens is 342 g/mol. The molecule has 1 heterocycles. The summed E-state index contributed by atoms with van der Waals surface area (Å²) in [5, 5.41) is 6.34. The van der Waals surface area contributed by atoms with E-state index < -0.39 is 0 Å². The maximum Gasteiger partial charge on any atom is 0.279 e. The molecule has 6 nitrogen and oxygen atoms in total. The molecule has 25 heavy (non-hydrogen) atoms. The van der Waals surface area contributed by atoms with Crippen molar-refractivity contribution >= 4 is 29.1 Å². The van der Waals surface area contributed by atoms with Gasteiger partial charge in [0.15, 0.2) is 13.1 Å². The van der Waals surface area contributed by atoms with Gasteiger partial charge in [0.1, 0.15) is 0 Å². The summed E-state index contributed by atoms with van der Waals surface area (Å²) in [6.45, 7) is 6.38. The van der Waals surface area contributed by atoms with Gasteiger partial charge in [0, 0.05) is 23.9 Å². The maximum atomic E-state index is 12.3. The Morgan fingerprint density at radius 3 is 2.76 bits per heavy atom. The average molecular weight is 369 g/mol. The van der Waals surface area contributed by atoms with E-state index in [0.717, 1.165) is 29.9 Å². The summed E-state index contributed by atoms with van der Waals surface area (Å²) < 4.78 is 5.49. The largest absolute Gasteiger partial charge is 0.376 e. The molecule has 0 radical (unpaired) electrons. The van der Waals surface area contributed by atoms with Gasteiger partial charge in [-0.1, -0.05) is 17.7 Å². The highest BCUT2D eigenvalue weighted by Crippen LogP contribution is 2.19. The van der Waals surface area contributed by atoms with Gasteiger partial charge in [-0.05, 0) is 44.4 Å². The number of nitrogens with one attached hydrogen (secondary N) is 3. The predicted octanol–water partition coefficient (Wildman–Crippen LogP) is 0.787. The Bertz CT molecular complexity index is 603. The summed E-state index contributed by atoms with van der Waals surface area (Å²) in [7, 11) is 0. The minimum atomic E-state index is -0.130. The lowest BCUT2D eigenvalue weighted by molar-refractivity contribution is -0.881. The normalized spacial score (nSPS) is 18.0. The van der Waals surface area contributed by atoms with Gasteiger partial charge in [-0.3, -0.25) is 9.59 Å². The number of quaternary nitrogens is 1. The van der Waals surface area contributed by atoms with Gasteiger partial charge in [0.25, 0.3) is 11.8 Å². The first-order chi connectivity index (χ1) is 12.0. The van der Waals surface area contributed by atoms with Crippen molar-refractivity contribution in [3.63, 3.8) is 0 Å². The first-order valence-electron chi connectivity index (χ1n) is 8.75.